The number of nitrogens with one attached hydrogen (secondary N) is 1. The van der Waals surface area contributed by atoms with Crippen LogP contribution in [0.4, 0.5) is 0 Å². The Bertz CT molecular complexity index is 693. The largest absolute Gasteiger partial charge is 0.480 e. The molecule has 1 saturated heterocycles. The summed E-state index contributed by atoms with van der Waals surface area (Å²) in [6.07, 6.45) is 6.73. The zero-order valence-electron chi connectivity index (χ0n) is 16.4. The highest BCUT2D eigenvalue weighted by atomic mass is 16.4. The number of benzene rings is 1. The summed E-state index contributed by atoms with van der Waals surface area (Å²) in [4.78, 5) is 38.0. The number of carboxylic acid groups (broad SMARTS) is 1. The number of aliphatic carboxylic acids is 1. The third kappa shape index (κ3) is 4.61. The molecule has 2 N–H and O–H groups in total. The van der Waals surface area contributed by atoms with E-state index in [1.807, 2.05) is 30.3 Å². The van der Waals surface area contributed by atoms with Crippen molar-refractivity contribution in [3.05, 3.63) is 35.9 Å². The van der Waals surface area contributed by atoms with E-state index in [0.717, 1.165) is 44.0 Å². The van der Waals surface area contributed by atoms with E-state index in [9.17, 15) is 19.5 Å². The van der Waals surface area contributed by atoms with Gasteiger partial charge in [-0.3, -0.25) is 10.1 Å². The van der Waals surface area contributed by atoms with Gasteiger partial charge < -0.3 is 14.8 Å². The van der Waals surface area contributed by atoms with Crippen LogP contribution in [0.15, 0.2) is 30.3 Å². The Morgan fingerprint density at radius 2 is 1.96 bits per heavy atom. The number of fused-ring (bicyclic) bond motifs is 1. The van der Waals surface area contributed by atoms with E-state index in [1.54, 1.807) is 11.8 Å². The maximum atomic E-state index is 13.1. The molecule has 1 amide bonds. The molecule has 6 nitrogen and oxygen atoms in total. The Kier molecular flexibility index (Phi) is 6.83. The summed E-state index contributed by atoms with van der Waals surface area (Å²) in [6.45, 7) is 1.73. The van der Waals surface area contributed by atoms with Crippen LogP contribution >= 0.6 is 0 Å². The van der Waals surface area contributed by atoms with E-state index in [-0.39, 0.29) is 17.9 Å². The Labute approximate surface area is 166 Å². The first-order valence-corrected chi connectivity index (χ1v) is 10.3. The van der Waals surface area contributed by atoms with Gasteiger partial charge >= 0.3 is 5.97 Å². The van der Waals surface area contributed by atoms with Gasteiger partial charge in [0.25, 0.3) is 0 Å². The quantitative estimate of drug-likeness (QED) is 0.670. The molecular formula is C22H30N2O4. The summed E-state index contributed by atoms with van der Waals surface area (Å²) in [5.74, 6) is -0.842. The second kappa shape index (κ2) is 9.32. The van der Waals surface area contributed by atoms with Gasteiger partial charge in [0.15, 0.2) is 0 Å². The number of nitrogens with zero attached hydrogens (tertiary/aromatic N) is 1. The van der Waals surface area contributed by atoms with Gasteiger partial charge in [-0.05, 0) is 50.5 Å². The van der Waals surface area contributed by atoms with Crippen LogP contribution in [0.25, 0.3) is 0 Å². The third-order valence-electron chi connectivity index (χ3n) is 6.21. The molecule has 2 fully saturated rings. The van der Waals surface area contributed by atoms with Gasteiger partial charge in [-0.15, -0.1) is 0 Å². The van der Waals surface area contributed by atoms with Crippen LogP contribution in [0, 0.1) is 5.92 Å². The molecule has 0 bridgehead atoms. The lowest BCUT2D eigenvalue weighted by Gasteiger charge is -2.35. The van der Waals surface area contributed by atoms with Gasteiger partial charge in [-0.2, -0.15) is 0 Å². The molecule has 3 rings (SSSR count). The van der Waals surface area contributed by atoms with Crippen LogP contribution in [0.3, 0.4) is 0 Å². The highest BCUT2D eigenvalue weighted by Gasteiger charge is 2.48. The normalized spacial score (nSPS) is 26.3. The first kappa shape index (κ1) is 20.5. The van der Waals surface area contributed by atoms with E-state index in [0.29, 0.717) is 12.8 Å². The summed E-state index contributed by atoms with van der Waals surface area (Å²) in [5.41, 5.74) is 1.14. The van der Waals surface area contributed by atoms with Gasteiger partial charge in [-0.1, -0.05) is 43.2 Å². The standard InChI is InChI=1S/C22H30N2O4/c1-15(23-18(14-25)12-11-16-7-3-2-4-8-16)21(26)24-19-10-6-5-9-17(19)13-20(24)22(27)28/h2-4,7-8,14-15,17-20,23H,5-6,9-13H2,1H3,(H,27,28)/t15-,17?,18-,19-,20-/m0/s1. The Balaban J connectivity index is 1.62. The average molecular weight is 386 g/mol. The number of carbonyl (C=O) groups excluding carboxylic acids is 2. The van der Waals surface area contributed by atoms with Crippen LogP contribution in [-0.2, 0) is 20.8 Å². The highest BCUT2D eigenvalue weighted by molar-refractivity contribution is 5.88. The predicted octanol–water partition coefficient (Wildman–Crippen LogP) is 2.41. The Morgan fingerprint density at radius 1 is 1.25 bits per heavy atom. The first-order valence-electron chi connectivity index (χ1n) is 10.3. The minimum Gasteiger partial charge on any atom is -0.480 e. The van der Waals surface area contributed by atoms with E-state index < -0.39 is 24.1 Å². The van der Waals surface area contributed by atoms with E-state index >= 15 is 0 Å². The number of amides is 1. The zero-order valence-corrected chi connectivity index (χ0v) is 16.4. The molecule has 0 spiro atoms. The highest BCUT2D eigenvalue weighted by Crippen LogP contribution is 2.40. The maximum Gasteiger partial charge on any atom is 0.326 e. The van der Waals surface area contributed by atoms with Crippen LogP contribution in [-0.4, -0.2) is 52.3 Å². The maximum absolute atomic E-state index is 13.1. The molecule has 1 aromatic carbocycles. The molecule has 1 unspecified atom stereocenters. The van der Waals surface area contributed by atoms with Crippen LogP contribution in [0.1, 0.15) is 51.0 Å². The van der Waals surface area contributed by atoms with E-state index in [1.165, 1.54) is 0 Å². The molecule has 5 atom stereocenters. The molecule has 6 heteroatoms. The lowest BCUT2D eigenvalue weighted by atomic mass is 9.84. The van der Waals surface area contributed by atoms with Crippen molar-refractivity contribution in [2.75, 3.05) is 0 Å². The second-order valence-corrected chi connectivity index (χ2v) is 8.10. The number of aldehydes is 1. The fourth-order valence-corrected chi connectivity index (χ4v) is 4.77. The number of carbonyl (C=O) groups is 3. The van der Waals surface area contributed by atoms with Crippen molar-refractivity contribution in [1.29, 1.82) is 0 Å². The molecule has 1 saturated carbocycles. The molecule has 1 aliphatic carbocycles. The molecular weight excluding hydrogens is 356 g/mol. The fraction of sp³-hybridized carbons (Fsp3) is 0.591. The smallest absolute Gasteiger partial charge is 0.326 e. The van der Waals surface area contributed by atoms with Crippen molar-refractivity contribution in [2.45, 2.75) is 76.0 Å². The summed E-state index contributed by atoms with van der Waals surface area (Å²) >= 11 is 0. The van der Waals surface area contributed by atoms with Crippen molar-refractivity contribution in [1.82, 2.24) is 10.2 Å². The summed E-state index contributed by atoms with van der Waals surface area (Å²) in [5, 5.41) is 12.7. The number of likely N-dealkylation sites (tertiary alicyclic amines) is 1. The van der Waals surface area contributed by atoms with Crippen molar-refractivity contribution in [2.24, 2.45) is 5.92 Å². The molecule has 1 aromatic rings. The van der Waals surface area contributed by atoms with Crippen molar-refractivity contribution in [3.8, 4) is 0 Å². The number of carboxylic acids is 1. The predicted molar refractivity (Wildman–Crippen MR) is 106 cm³/mol. The summed E-state index contributed by atoms with van der Waals surface area (Å²) < 4.78 is 0. The summed E-state index contributed by atoms with van der Waals surface area (Å²) in [6, 6.07) is 8.15. The monoisotopic (exact) mass is 386 g/mol. The van der Waals surface area contributed by atoms with Gasteiger partial charge in [0.2, 0.25) is 5.91 Å². The zero-order chi connectivity index (χ0) is 20.1. The van der Waals surface area contributed by atoms with E-state index in [4.69, 9.17) is 0 Å². The van der Waals surface area contributed by atoms with Crippen LogP contribution in [0.2, 0.25) is 0 Å². The lowest BCUT2D eigenvalue weighted by molar-refractivity contribution is -0.150. The molecule has 2 aliphatic rings. The Morgan fingerprint density at radius 3 is 2.64 bits per heavy atom. The average Bonchev–Trinajstić information content (AvgIpc) is 3.11. The van der Waals surface area contributed by atoms with Gasteiger partial charge in [0.1, 0.15) is 12.3 Å². The minimum atomic E-state index is -0.925. The fourth-order valence-electron chi connectivity index (χ4n) is 4.77. The van der Waals surface area contributed by atoms with Gasteiger partial charge in [-0.25, -0.2) is 4.79 Å². The number of hydrogen-bond acceptors (Lipinski definition) is 4. The third-order valence-corrected chi connectivity index (χ3v) is 6.21. The minimum absolute atomic E-state index is 0.0191. The second-order valence-electron chi connectivity index (χ2n) is 8.10. The molecule has 28 heavy (non-hydrogen) atoms. The number of rotatable bonds is 8. The first-order chi connectivity index (χ1) is 13.5. The van der Waals surface area contributed by atoms with Gasteiger partial charge in [0.05, 0.1) is 12.1 Å². The number of aryl methyl sites for hydroxylation is 1. The van der Waals surface area contributed by atoms with E-state index in [2.05, 4.69) is 5.32 Å². The molecule has 1 heterocycles. The molecule has 0 radical (unpaired) electrons. The lowest BCUT2D eigenvalue weighted by Crippen LogP contribution is -2.54. The molecule has 0 aromatic heterocycles. The summed E-state index contributed by atoms with van der Waals surface area (Å²) in [7, 11) is 0. The molecule has 152 valence electrons. The van der Waals surface area contributed by atoms with Crippen LogP contribution < -0.4 is 5.32 Å². The van der Waals surface area contributed by atoms with Crippen molar-refractivity contribution < 1.29 is 19.5 Å². The van der Waals surface area contributed by atoms with Crippen LogP contribution in [0.5, 0.6) is 0 Å². The SMILES string of the molecule is C[C@H](N[C@H](C=O)CCc1ccccc1)C(=O)N1[C@H](C(=O)O)CC2CCCC[C@@H]21. The van der Waals surface area contributed by atoms with Gasteiger partial charge in [0, 0.05) is 6.04 Å². The number of hydrogen-bond donors (Lipinski definition) is 2. The van der Waals surface area contributed by atoms with Crippen molar-refractivity contribution in [3.63, 3.8) is 0 Å². The van der Waals surface area contributed by atoms with Crippen molar-refractivity contribution >= 4 is 18.2 Å². The molecule has 1 aliphatic heterocycles. The topological polar surface area (TPSA) is 86.7 Å². The Hall–Kier alpha value is -2.21.